The standard InChI is InChI=1S/C13H28N6O6/c14-2-5-8(21)9(22)6(16)12(24-5)25-11-4(19-13(17)18)1-3(15)7(20)10(11)23/h3-12,20-23H,1-2,14-16H2,(H4,17,18,19)/t3-,4+,5+,6+,7+,8+,9+,10-,11-,12+/m0/s1. The molecule has 0 aromatic heterocycles. The molecule has 12 heteroatoms. The van der Waals surface area contributed by atoms with Gasteiger partial charge in [-0.15, -0.1) is 0 Å². The summed E-state index contributed by atoms with van der Waals surface area (Å²) >= 11 is 0. The first-order valence-corrected chi connectivity index (χ1v) is 8.00. The van der Waals surface area contributed by atoms with Crippen molar-refractivity contribution in [1.29, 1.82) is 0 Å². The zero-order valence-electron chi connectivity index (χ0n) is 13.6. The maximum Gasteiger partial charge on any atom is 0.186 e. The van der Waals surface area contributed by atoms with E-state index in [-0.39, 0.29) is 18.9 Å². The van der Waals surface area contributed by atoms with Crippen LogP contribution in [0.4, 0.5) is 0 Å². The lowest BCUT2D eigenvalue weighted by Crippen LogP contribution is -2.66. The summed E-state index contributed by atoms with van der Waals surface area (Å²) in [5.41, 5.74) is 27.9. The van der Waals surface area contributed by atoms with Gasteiger partial charge in [0.15, 0.2) is 12.2 Å². The highest BCUT2D eigenvalue weighted by atomic mass is 16.7. The Balaban J connectivity index is 2.20. The Bertz CT molecular complexity index is 478. The first-order chi connectivity index (χ1) is 11.7. The van der Waals surface area contributed by atoms with Crippen LogP contribution in [0.1, 0.15) is 6.42 Å². The number of aliphatic imine (C=N–C) groups is 1. The zero-order chi connectivity index (χ0) is 18.9. The predicted molar refractivity (Wildman–Crippen MR) is 86.8 cm³/mol. The monoisotopic (exact) mass is 364 g/mol. The minimum atomic E-state index is -1.41. The van der Waals surface area contributed by atoms with Crippen LogP contribution < -0.4 is 28.7 Å². The van der Waals surface area contributed by atoms with E-state index in [0.717, 1.165) is 0 Å². The third kappa shape index (κ3) is 4.19. The van der Waals surface area contributed by atoms with Crippen molar-refractivity contribution in [2.24, 2.45) is 33.7 Å². The van der Waals surface area contributed by atoms with Gasteiger partial charge in [0.25, 0.3) is 0 Å². The number of aliphatic hydroxyl groups excluding tert-OH is 4. The number of ether oxygens (including phenoxy) is 2. The Morgan fingerprint density at radius 1 is 1.04 bits per heavy atom. The van der Waals surface area contributed by atoms with Crippen LogP contribution in [-0.2, 0) is 9.47 Å². The van der Waals surface area contributed by atoms with Crippen LogP contribution in [0.5, 0.6) is 0 Å². The van der Waals surface area contributed by atoms with Gasteiger partial charge in [0.05, 0.1) is 18.2 Å². The van der Waals surface area contributed by atoms with Crippen LogP contribution in [-0.4, -0.2) is 94.0 Å². The molecule has 10 atom stereocenters. The van der Waals surface area contributed by atoms with Crippen molar-refractivity contribution in [3.63, 3.8) is 0 Å². The highest BCUT2D eigenvalue weighted by Crippen LogP contribution is 2.29. The fourth-order valence-corrected chi connectivity index (χ4v) is 3.14. The SMILES string of the molecule is NC[C@H]1O[C@H](O[C@@H]2[C@@H](O)[C@H](O)[C@@H](N)C[C@H]2N=C(N)N)[C@H](N)[C@@H](O)[C@@H]1O. The van der Waals surface area contributed by atoms with Gasteiger partial charge in [-0.25, -0.2) is 4.99 Å². The maximum absolute atomic E-state index is 10.3. The summed E-state index contributed by atoms with van der Waals surface area (Å²) < 4.78 is 11.2. The summed E-state index contributed by atoms with van der Waals surface area (Å²) in [4.78, 5) is 3.98. The molecule has 0 bridgehead atoms. The molecule has 1 saturated carbocycles. The molecule has 146 valence electrons. The van der Waals surface area contributed by atoms with Crippen LogP contribution in [0.3, 0.4) is 0 Å². The molecule has 0 spiro atoms. The van der Waals surface area contributed by atoms with Gasteiger partial charge in [-0.2, -0.15) is 0 Å². The summed E-state index contributed by atoms with van der Waals surface area (Å²) in [5.74, 6) is -0.237. The maximum atomic E-state index is 10.3. The number of nitrogens with zero attached hydrogens (tertiary/aromatic N) is 1. The summed E-state index contributed by atoms with van der Waals surface area (Å²) in [6.07, 6.45) is -8.35. The minimum Gasteiger partial charge on any atom is -0.389 e. The number of hydrogen-bond acceptors (Lipinski definition) is 10. The second-order valence-electron chi connectivity index (χ2n) is 6.44. The number of aliphatic hydroxyl groups is 4. The molecule has 1 heterocycles. The molecule has 25 heavy (non-hydrogen) atoms. The molecule has 2 aliphatic rings. The van der Waals surface area contributed by atoms with Gasteiger partial charge in [-0.05, 0) is 6.42 Å². The van der Waals surface area contributed by atoms with Gasteiger partial charge in [0, 0.05) is 12.6 Å². The second-order valence-corrected chi connectivity index (χ2v) is 6.44. The van der Waals surface area contributed by atoms with Gasteiger partial charge >= 0.3 is 0 Å². The molecule has 0 radical (unpaired) electrons. The van der Waals surface area contributed by atoms with E-state index in [2.05, 4.69) is 4.99 Å². The van der Waals surface area contributed by atoms with E-state index in [1.165, 1.54) is 0 Å². The van der Waals surface area contributed by atoms with Crippen molar-refractivity contribution < 1.29 is 29.9 Å². The molecule has 1 aliphatic carbocycles. The topological polar surface area (TPSA) is 242 Å². The van der Waals surface area contributed by atoms with Crippen molar-refractivity contribution in [2.75, 3.05) is 6.54 Å². The number of nitrogens with two attached hydrogens (primary N) is 5. The van der Waals surface area contributed by atoms with Crippen molar-refractivity contribution in [3.8, 4) is 0 Å². The van der Waals surface area contributed by atoms with E-state index in [1.54, 1.807) is 0 Å². The molecule has 0 aromatic rings. The van der Waals surface area contributed by atoms with Crippen molar-refractivity contribution >= 4 is 5.96 Å². The van der Waals surface area contributed by atoms with Gasteiger partial charge in [-0.1, -0.05) is 0 Å². The van der Waals surface area contributed by atoms with Gasteiger partial charge in [0.1, 0.15) is 30.5 Å². The van der Waals surface area contributed by atoms with E-state index in [4.69, 9.17) is 38.1 Å². The van der Waals surface area contributed by atoms with Crippen LogP contribution in [0.15, 0.2) is 4.99 Å². The molecule has 0 aromatic carbocycles. The summed E-state index contributed by atoms with van der Waals surface area (Å²) in [5, 5.41) is 40.2. The van der Waals surface area contributed by atoms with Crippen molar-refractivity contribution in [3.05, 3.63) is 0 Å². The van der Waals surface area contributed by atoms with Crippen LogP contribution in [0, 0.1) is 0 Å². The number of rotatable bonds is 4. The Morgan fingerprint density at radius 3 is 2.24 bits per heavy atom. The largest absolute Gasteiger partial charge is 0.389 e. The number of hydrogen-bond donors (Lipinski definition) is 9. The van der Waals surface area contributed by atoms with Crippen LogP contribution >= 0.6 is 0 Å². The Morgan fingerprint density at radius 2 is 1.68 bits per heavy atom. The van der Waals surface area contributed by atoms with E-state index in [9.17, 15) is 20.4 Å². The molecule has 0 unspecified atom stereocenters. The first-order valence-electron chi connectivity index (χ1n) is 8.00. The molecule has 12 nitrogen and oxygen atoms in total. The Kier molecular flexibility index (Phi) is 6.53. The first kappa shape index (κ1) is 20.2. The highest BCUT2D eigenvalue weighted by molar-refractivity contribution is 5.75. The lowest BCUT2D eigenvalue weighted by atomic mass is 9.84. The molecule has 2 rings (SSSR count). The normalized spacial score (nSPS) is 48.1. The van der Waals surface area contributed by atoms with Gasteiger partial charge < -0.3 is 58.6 Å². The summed E-state index contributed by atoms with van der Waals surface area (Å²) in [6, 6.07) is -2.62. The van der Waals surface area contributed by atoms with E-state index < -0.39 is 61.0 Å². The van der Waals surface area contributed by atoms with Gasteiger partial charge in [-0.3, -0.25) is 0 Å². The van der Waals surface area contributed by atoms with Gasteiger partial charge in [0.2, 0.25) is 0 Å². The molecular weight excluding hydrogens is 336 g/mol. The summed E-state index contributed by atoms with van der Waals surface area (Å²) in [6.45, 7) is -0.0805. The average molecular weight is 364 g/mol. The van der Waals surface area contributed by atoms with E-state index in [1.807, 2.05) is 0 Å². The minimum absolute atomic E-state index is 0.0805. The van der Waals surface area contributed by atoms with E-state index >= 15 is 0 Å². The average Bonchev–Trinajstić information content (AvgIpc) is 2.55. The summed E-state index contributed by atoms with van der Waals surface area (Å²) in [7, 11) is 0. The molecule has 14 N–H and O–H groups in total. The van der Waals surface area contributed by atoms with Crippen LogP contribution in [0.2, 0.25) is 0 Å². The molecule has 1 saturated heterocycles. The lowest BCUT2D eigenvalue weighted by molar-refractivity contribution is -0.287. The molecule has 0 amide bonds. The highest BCUT2D eigenvalue weighted by Gasteiger charge is 2.48. The predicted octanol–water partition coefficient (Wildman–Crippen LogP) is -5.80. The van der Waals surface area contributed by atoms with E-state index in [0.29, 0.717) is 0 Å². The fraction of sp³-hybridized carbons (Fsp3) is 0.923. The lowest BCUT2D eigenvalue weighted by Gasteiger charge is -2.45. The number of guanidine groups is 1. The third-order valence-electron chi connectivity index (χ3n) is 4.60. The van der Waals surface area contributed by atoms with Crippen molar-refractivity contribution in [1.82, 2.24) is 0 Å². The fourth-order valence-electron chi connectivity index (χ4n) is 3.14. The third-order valence-corrected chi connectivity index (χ3v) is 4.60. The Labute approximate surface area is 144 Å². The second kappa shape index (κ2) is 8.07. The van der Waals surface area contributed by atoms with Crippen molar-refractivity contribution in [2.45, 2.75) is 67.5 Å². The molecule has 2 fully saturated rings. The zero-order valence-corrected chi connectivity index (χ0v) is 13.6. The Hall–Kier alpha value is -1.09. The molecule has 1 aliphatic heterocycles. The quantitative estimate of drug-likeness (QED) is 0.168. The van der Waals surface area contributed by atoms with Crippen LogP contribution in [0.25, 0.3) is 0 Å². The molecular formula is C13H28N6O6. The smallest absolute Gasteiger partial charge is 0.186 e.